The van der Waals surface area contributed by atoms with E-state index in [1.807, 2.05) is 4.98 Å². The summed E-state index contributed by atoms with van der Waals surface area (Å²) in [6, 6.07) is 1.32. The molecule has 0 radical (unpaired) electrons. The molecule has 9 nitrogen and oxygen atoms in total. The number of aryl methyl sites for hydroxylation is 1. The number of rotatable bonds is 0. The van der Waals surface area contributed by atoms with Crippen LogP contribution in [0.3, 0.4) is 0 Å². The lowest BCUT2D eigenvalue weighted by Crippen LogP contribution is -2.21. The van der Waals surface area contributed by atoms with E-state index in [2.05, 4.69) is 24.9 Å². The third-order valence-electron chi connectivity index (χ3n) is 2.15. The Morgan fingerprint density at radius 1 is 1.16 bits per heavy atom. The molecule has 0 aliphatic heterocycles. The first-order chi connectivity index (χ1) is 9.06. The summed E-state index contributed by atoms with van der Waals surface area (Å²) >= 11 is 0. The van der Waals surface area contributed by atoms with Gasteiger partial charge in [0, 0.05) is 11.8 Å². The van der Waals surface area contributed by atoms with Gasteiger partial charge in [-0.1, -0.05) is 0 Å². The van der Waals surface area contributed by atoms with Crippen LogP contribution in [-0.4, -0.2) is 29.9 Å². The Morgan fingerprint density at radius 3 is 2.58 bits per heavy atom. The Hall–Kier alpha value is -2.97. The lowest BCUT2D eigenvalue weighted by atomic mass is 10.5. The van der Waals surface area contributed by atoms with E-state index in [1.54, 1.807) is 6.92 Å². The number of imidazole rings is 1. The lowest BCUT2D eigenvalue weighted by molar-refractivity contribution is 0.994. The van der Waals surface area contributed by atoms with Crippen molar-refractivity contribution in [2.24, 2.45) is 0 Å². The topological polar surface area (TPSA) is 146 Å². The van der Waals surface area contributed by atoms with E-state index in [-0.39, 0.29) is 5.56 Å². The van der Waals surface area contributed by atoms with Crippen molar-refractivity contribution in [2.45, 2.75) is 6.92 Å². The normalized spacial score (nSPS) is 9.95. The van der Waals surface area contributed by atoms with Gasteiger partial charge in [-0.15, -0.1) is 0 Å². The van der Waals surface area contributed by atoms with E-state index in [0.29, 0.717) is 22.7 Å². The largest absolute Gasteiger partial charge is 0.382 e. The summed E-state index contributed by atoms with van der Waals surface area (Å²) < 4.78 is 0. The molecule has 3 aromatic rings. The van der Waals surface area contributed by atoms with Crippen molar-refractivity contribution < 1.29 is 0 Å². The first kappa shape index (κ1) is 12.5. The summed E-state index contributed by atoms with van der Waals surface area (Å²) in [6.45, 7) is 1.65. The molecule has 0 saturated heterocycles. The molecule has 0 amide bonds. The zero-order valence-corrected chi connectivity index (χ0v) is 9.97. The summed E-state index contributed by atoms with van der Waals surface area (Å²) in [5, 5.41) is 0. The average Bonchev–Trinajstić information content (AvgIpc) is 2.77. The van der Waals surface area contributed by atoms with Crippen LogP contribution in [0.4, 0.5) is 5.82 Å². The molecule has 5 N–H and O–H groups in total. The zero-order chi connectivity index (χ0) is 13.8. The van der Waals surface area contributed by atoms with Gasteiger partial charge in [0.2, 0.25) is 0 Å². The molecule has 0 unspecified atom stereocenters. The maximum absolute atomic E-state index is 10.4. The molecule has 0 spiro atoms. The minimum absolute atomic E-state index is 0.365. The number of nitrogens with one attached hydrogen (secondary N) is 3. The summed E-state index contributed by atoms with van der Waals surface area (Å²) in [5.41, 5.74) is 6.53. The van der Waals surface area contributed by atoms with E-state index >= 15 is 0 Å². The lowest BCUT2D eigenvalue weighted by Gasteiger charge is -1.89. The van der Waals surface area contributed by atoms with Crippen molar-refractivity contribution in [3.63, 3.8) is 0 Å². The standard InChI is InChI=1S/C5H5N5.C5H6N2O2/c6-4-3-5(9-1-7-3)10-2-8-4;1-3-2-4(8)7-5(9)6-3/h1-2H,(H3,6,7,8,9,10);2H,1H3,(H2,6,7,8,9). The third-order valence-corrected chi connectivity index (χ3v) is 2.15. The van der Waals surface area contributed by atoms with E-state index in [4.69, 9.17) is 5.73 Å². The minimum Gasteiger partial charge on any atom is -0.382 e. The third kappa shape index (κ3) is 3.03. The highest BCUT2D eigenvalue weighted by atomic mass is 16.2. The Labute approximate surface area is 106 Å². The van der Waals surface area contributed by atoms with Crippen molar-refractivity contribution in [1.29, 1.82) is 0 Å². The molecule has 0 aliphatic rings. The summed E-state index contributed by atoms with van der Waals surface area (Å²) in [6.07, 6.45) is 2.92. The van der Waals surface area contributed by atoms with Crippen LogP contribution < -0.4 is 17.0 Å². The minimum atomic E-state index is -0.458. The van der Waals surface area contributed by atoms with E-state index in [1.165, 1.54) is 18.7 Å². The molecular weight excluding hydrogens is 250 g/mol. The molecular formula is C10H11N7O2. The van der Waals surface area contributed by atoms with Crippen molar-refractivity contribution in [2.75, 3.05) is 5.73 Å². The van der Waals surface area contributed by atoms with Crippen molar-refractivity contribution in [3.05, 3.63) is 45.3 Å². The van der Waals surface area contributed by atoms with Gasteiger partial charge in [-0.2, -0.15) is 0 Å². The molecule has 0 saturated carbocycles. The number of nitrogen functional groups attached to an aromatic ring is 1. The second-order valence-electron chi connectivity index (χ2n) is 3.63. The average molecular weight is 261 g/mol. The number of aromatic amines is 3. The number of fused-ring (bicyclic) bond motifs is 1. The van der Waals surface area contributed by atoms with Crippen LogP contribution in [0.1, 0.15) is 5.69 Å². The van der Waals surface area contributed by atoms with Gasteiger partial charge in [0.15, 0.2) is 11.5 Å². The molecule has 0 atom stereocenters. The van der Waals surface area contributed by atoms with Crippen LogP contribution in [0.15, 0.2) is 28.3 Å². The quantitative estimate of drug-likeness (QED) is 0.421. The Morgan fingerprint density at radius 2 is 1.95 bits per heavy atom. The second kappa shape index (κ2) is 5.12. The first-order valence-electron chi connectivity index (χ1n) is 5.26. The summed E-state index contributed by atoms with van der Waals surface area (Å²) in [5.74, 6) is 0.433. The van der Waals surface area contributed by atoms with Gasteiger partial charge in [-0.05, 0) is 6.92 Å². The van der Waals surface area contributed by atoms with E-state index in [0.717, 1.165) is 0 Å². The van der Waals surface area contributed by atoms with Gasteiger partial charge in [0.1, 0.15) is 11.8 Å². The van der Waals surface area contributed by atoms with Crippen molar-refractivity contribution in [1.82, 2.24) is 29.9 Å². The molecule has 0 aliphatic carbocycles. The van der Waals surface area contributed by atoms with Gasteiger partial charge in [0.25, 0.3) is 5.56 Å². The molecule has 98 valence electrons. The predicted octanol–water partition coefficient (Wildman–Crippen LogP) is -0.693. The highest BCUT2D eigenvalue weighted by Crippen LogP contribution is 2.09. The summed E-state index contributed by atoms with van der Waals surface area (Å²) in [7, 11) is 0. The molecule has 19 heavy (non-hydrogen) atoms. The van der Waals surface area contributed by atoms with Gasteiger partial charge in [-0.25, -0.2) is 19.7 Å². The molecule has 0 aromatic carbocycles. The Bertz CT molecular complexity index is 773. The Kier molecular flexibility index (Phi) is 3.37. The highest BCUT2D eigenvalue weighted by Gasteiger charge is 1.99. The number of nitrogens with zero attached hydrogens (tertiary/aromatic N) is 3. The second-order valence-corrected chi connectivity index (χ2v) is 3.63. The Balaban J connectivity index is 0.000000141. The van der Waals surface area contributed by atoms with Crippen LogP contribution in [0.2, 0.25) is 0 Å². The van der Waals surface area contributed by atoms with Crippen LogP contribution >= 0.6 is 0 Å². The number of hydrogen-bond donors (Lipinski definition) is 4. The molecule has 3 rings (SSSR count). The van der Waals surface area contributed by atoms with Crippen LogP contribution in [0.25, 0.3) is 11.2 Å². The molecule has 9 heteroatoms. The van der Waals surface area contributed by atoms with Gasteiger partial charge >= 0.3 is 5.69 Å². The van der Waals surface area contributed by atoms with Crippen LogP contribution in [-0.2, 0) is 0 Å². The predicted molar refractivity (Wildman–Crippen MR) is 68.5 cm³/mol. The maximum Gasteiger partial charge on any atom is 0.325 e. The fraction of sp³-hybridized carbons (Fsp3) is 0.100. The number of aromatic nitrogens is 6. The smallest absolute Gasteiger partial charge is 0.325 e. The van der Waals surface area contributed by atoms with Crippen LogP contribution in [0, 0.1) is 6.92 Å². The number of nitrogens with two attached hydrogens (primary N) is 1. The number of H-pyrrole nitrogens is 3. The number of anilines is 1. The SMILES string of the molecule is Cc1cc(=O)[nH]c(=O)[nH]1.Nc1ncnc2nc[nH]c12. The zero-order valence-electron chi connectivity index (χ0n) is 9.97. The molecule has 3 heterocycles. The maximum atomic E-state index is 10.4. The van der Waals surface area contributed by atoms with Crippen LogP contribution in [0.5, 0.6) is 0 Å². The van der Waals surface area contributed by atoms with Gasteiger partial charge in [-0.3, -0.25) is 9.78 Å². The molecule has 3 aromatic heterocycles. The van der Waals surface area contributed by atoms with E-state index < -0.39 is 5.69 Å². The fourth-order valence-electron chi connectivity index (χ4n) is 1.37. The van der Waals surface area contributed by atoms with Gasteiger partial charge in [0.05, 0.1) is 6.33 Å². The van der Waals surface area contributed by atoms with Crippen molar-refractivity contribution in [3.8, 4) is 0 Å². The summed E-state index contributed by atoms with van der Waals surface area (Å²) in [4.78, 5) is 39.6. The molecule has 0 fully saturated rings. The monoisotopic (exact) mass is 261 g/mol. The fourth-order valence-corrected chi connectivity index (χ4v) is 1.37. The molecule has 0 bridgehead atoms. The van der Waals surface area contributed by atoms with E-state index in [9.17, 15) is 9.59 Å². The van der Waals surface area contributed by atoms with Crippen molar-refractivity contribution >= 4 is 17.0 Å². The van der Waals surface area contributed by atoms with Gasteiger partial charge < -0.3 is 15.7 Å². The highest BCUT2D eigenvalue weighted by molar-refractivity contribution is 5.80. The first-order valence-corrected chi connectivity index (χ1v) is 5.26. The number of hydrogen-bond acceptors (Lipinski definition) is 6.